The van der Waals surface area contributed by atoms with Gasteiger partial charge in [0.25, 0.3) is 18.2 Å². The molecule has 3 aliphatic rings. The van der Waals surface area contributed by atoms with E-state index in [4.69, 9.17) is 15.2 Å². The zero-order valence-corrected chi connectivity index (χ0v) is 20.6. The fraction of sp³-hybridized carbons (Fsp3) is 0.462. The summed E-state index contributed by atoms with van der Waals surface area (Å²) in [5, 5.41) is 2.97. The summed E-state index contributed by atoms with van der Waals surface area (Å²) in [6, 6.07) is 6.64. The number of primary amides is 1. The van der Waals surface area contributed by atoms with Crippen LogP contribution in [0, 0.1) is 5.41 Å². The van der Waals surface area contributed by atoms with Crippen molar-refractivity contribution >= 4 is 23.0 Å². The van der Waals surface area contributed by atoms with Crippen molar-refractivity contribution < 1.29 is 27.8 Å². The molecule has 2 amide bonds. The summed E-state index contributed by atoms with van der Waals surface area (Å²) in [6.45, 7) is 2.48. The lowest BCUT2D eigenvalue weighted by atomic mass is 9.53. The second kappa shape index (κ2) is 9.50. The van der Waals surface area contributed by atoms with Gasteiger partial charge in [-0.15, -0.1) is 0 Å². The van der Waals surface area contributed by atoms with E-state index in [2.05, 4.69) is 20.2 Å². The number of nitrogens with one attached hydrogen (secondary N) is 1. The van der Waals surface area contributed by atoms with Crippen LogP contribution in [0.3, 0.4) is 0 Å². The van der Waals surface area contributed by atoms with Gasteiger partial charge in [-0.25, -0.2) is 18.7 Å². The highest BCUT2D eigenvalue weighted by atomic mass is 19.3. The number of nitrogens with zero attached hydrogens (tertiary/aromatic N) is 4. The average Bonchev–Trinajstić information content (AvgIpc) is 3.26. The molecule has 3 aromatic heterocycles. The van der Waals surface area contributed by atoms with Crippen molar-refractivity contribution in [3.05, 3.63) is 53.7 Å². The number of aromatic nitrogens is 3. The number of anilines is 1. The number of ether oxygens (including phenoxy) is 2. The Morgan fingerprint density at radius 3 is 2.63 bits per heavy atom. The third-order valence-corrected chi connectivity index (χ3v) is 7.77. The Morgan fingerprint density at radius 1 is 1.16 bits per heavy atom. The van der Waals surface area contributed by atoms with Crippen LogP contribution in [0.25, 0.3) is 5.52 Å². The normalized spacial score (nSPS) is 24.8. The zero-order chi connectivity index (χ0) is 26.4. The maximum Gasteiger partial charge on any atom is 0.295 e. The molecule has 38 heavy (non-hydrogen) atoms. The molecule has 3 aromatic rings. The number of halogens is 2. The van der Waals surface area contributed by atoms with Gasteiger partial charge in [0.2, 0.25) is 5.88 Å². The first kappa shape index (κ1) is 24.5. The van der Waals surface area contributed by atoms with Gasteiger partial charge in [0.15, 0.2) is 11.5 Å². The fourth-order valence-corrected chi connectivity index (χ4v) is 5.92. The number of morpholine rings is 1. The maximum atomic E-state index is 13.8. The van der Waals surface area contributed by atoms with Gasteiger partial charge in [0, 0.05) is 31.5 Å². The van der Waals surface area contributed by atoms with Gasteiger partial charge < -0.3 is 25.4 Å². The Kier molecular flexibility index (Phi) is 6.13. The van der Waals surface area contributed by atoms with E-state index in [1.165, 1.54) is 4.40 Å². The summed E-state index contributed by atoms with van der Waals surface area (Å²) >= 11 is 0. The molecule has 0 aromatic carbocycles. The Labute approximate surface area is 217 Å². The Balaban J connectivity index is 1.09. The van der Waals surface area contributed by atoms with Crippen LogP contribution in [0.2, 0.25) is 0 Å². The highest BCUT2D eigenvalue weighted by Gasteiger charge is 2.54. The van der Waals surface area contributed by atoms with Crippen LogP contribution in [0.4, 0.5) is 14.5 Å². The first-order valence-electron chi connectivity index (χ1n) is 12.7. The molecule has 1 aliphatic heterocycles. The molecule has 4 heterocycles. The minimum absolute atomic E-state index is 0.00118. The molecule has 1 saturated heterocycles. The van der Waals surface area contributed by atoms with Crippen molar-refractivity contribution in [2.75, 3.05) is 31.2 Å². The number of hydrogen-bond acceptors (Lipinski definition) is 7. The predicted molar refractivity (Wildman–Crippen MR) is 133 cm³/mol. The van der Waals surface area contributed by atoms with Crippen LogP contribution < -0.4 is 20.7 Å². The number of fused-ring (bicyclic) bond motifs is 1. The molecule has 2 saturated carbocycles. The van der Waals surface area contributed by atoms with Crippen LogP contribution >= 0.6 is 0 Å². The minimum Gasteiger partial charge on any atom is -0.474 e. The number of rotatable bonds is 7. The van der Waals surface area contributed by atoms with Crippen LogP contribution in [0.1, 0.15) is 58.8 Å². The summed E-state index contributed by atoms with van der Waals surface area (Å²) in [5.41, 5.74) is 6.83. The van der Waals surface area contributed by atoms with Crippen LogP contribution in [0.5, 0.6) is 5.88 Å². The number of amides is 2. The highest BCUT2D eigenvalue weighted by molar-refractivity contribution is 5.99. The third-order valence-electron chi connectivity index (χ3n) is 7.77. The number of imidazole rings is 1. The quantitative estimate of drug-likeness (QED) is 0.485. The number of hydrogen-bond donors (Lipinski definition) is 2. The van der Waals surface area contributed by atoms with Crippen molar-refractivity contribution in [3.8, 4) is 5.88 Å². The van der Waals surface area contributed by atoms with Crippen molar-refractivity contribution in [1.29, 1.82) is 0 Å². The molecule has 12 heteroatoms. The molecular formula is C26H28F2N6O4. The lowest BCUT2D eigenvalue weighted by Crippen LogP contribution is -2.58. The molecule has 10 nitrogen and oxygen atoms in total. The number of carbonyl (C=O) groups is 2. The third kappa shape index (κ3) is 4.42. The number of nitrogens with two attached hydrogens (primary N) is 1. The Morgan fingerprint density at radius 2 is 1.92 bits per heavy atom. The molecule has 6 rings (SSSR count). The van der Waals surface area contributed by atoms with E-state index in [0.29, 0.717) is 31.8 Å². The lowest BCUT2D eigenvalue weighted by molar-refractivity contribution is -0.0848. The molecule has 3 N–H and O–H groups in total. The van der Waals surface area contributed by atoms with Gasteiger partial charge in [0.1, 0.15) is 11.7 Å². The van der Waals surface area contributed by atoms with Crippen molar-refractivity contribution in [2.45, 2.75) is 44.3 Å². The summed E-state index contributed by atoms with van der Waals surface area (Å²) in [5.74, 6) is -1.26. The van der Waals surface area contributed by atoms with Gasteiger partial charge >= 0.3 is 0 Å². The van der Waals surface area contributed by atoms with Gasteiger partial charge in [-0.2, -0.15) is 0 Å². The molecule has 0 atom stereocenters. The monoisotopic (exact) mass is 526 g/mol. The maximum absolute atomic E-state index is 13.8. The van der Waals surface area contributed by atoms with Gasteiger partial charge in [0.05, 0.1) is 24.4 Å². The van der Waals surface area contributed by atoms with Crippen LogP contribution in [-0.2, 0) is 4.74 Å². The minimum atomic E-state index is -2.82. The average molecular weight is 527 g/mol. The molecule has 2 aliphatic carbocycles. The first-order chi connectivity index (χ1) is 18.3. The number of pyridine rings is 2. The van der Waals surface area contributed by atoms with Crippen molar-refractivity contribution in [1.82, 2.24) is 19.7 Å². The summed E-state index contributed by atoms with van der Waals surface area (Å²) < 4.78 is 40.2. The Bertz CT molecular complexity index is 1380. The largest absolute Gasteiger partial charge is 0.474 e. The van der Waals surface area contributed by atoms with E-state index in [0.717, 1.165) is 31.4 Å². The van der Waals surface area contributed by atoms with E-state index >= 15 is 0 Å². The topological polar surface area (TPSA) is 124 Å². The van der Waals surface area contributed by atoms with E-state index in [9.17, 15) is 18.4 Å². The van der Waals surface area contributed by atoms with E-state index in [1.807, 2.05) is 6.07 Å². The zero-order valence-electron chi connectivity index (χ0n) is 20.6. The predicted octanol–water partition coefficient (Wildman–Crippen LogP) is 2.72. The molecule has 1 spiro atoms. The van der Waals surface area contributed by atoms with E-state index in [-0.39, 0.29) is 34.7 Å². The molecule has 200 valence electrons. The van der Waals surface area contributed by atoms with E-state index < -0.39 is 24.1 Å². The molecule has 0 radical (unpaired) electrons. The molecular weight excluding hydrogens is 498 g/mol. The SMILES string of the molecule is NC(=O)c1cccnc1OC1CC2(CC(NC(=O)c3nc(C(F)F)n4cc(N5CCOCC5)ccc34)C2)C1. The lowest BCUT2D eigenvalue weighted by Gasteiger charge is -2.57. The second-order valence-electron chi connectivity index (χ2n) is 10.3. The highest BCUT2D eigenvalue weighted by Crippen LogP contribution is 2.56. The van der Waals surface area contributed by atoms with Crippen molar-refractivity contribution in [3.63, 3.8) is 0 Å². The molecule has 0 unspecified atom stereocenters. The van der Waals surface area contributed by atoms with E-state index in [1.54, 1.807) is 30.6 Å². The smallest absolute Gasteiger partial charge is 0.295 e. The Hall–Kier alpha value is -3.80. The van der Waals surface area contributed by atoms with Gasteiger partial charge in [-0.05, 0) is 55.4 Å². The van der Waals surface area contributed by atoms with Crippen LogP contribution in [-0.4, -0.2) is 64.6 Å². The first-order valence-corrected chi connectivity index (χ1v) is 12.7. The van der Waals surface area contributed by atoms with Gasteiger partial charge in [-0.1, -0.05) is 0 Å². The number of carbonyl (C=O) groups excluding carboxylic acids is 2. The molecule has 0 bridgehead atoms. The second-order valence-corrected chi connectivity index (χ2v) is 10.3. The van der Waals surface area contributed by atoms with Crippen LogP contribution in [0.15, 0.2) is 36.7 Å². The fourth-order valence-electron chi connectivity index (χ4n) is 5.92. The van der Waals surface area contributed by atoms with Crippen molar-refractivity contribution in [2.24, 2.45) is 11.1 Å². The summed E-state index contributed by atoms with van der Waals surface area (Å²) in [4.78, 5) is 34.9. The number of alkyl halides is 2. The molecule has 3 fully saturated rings. The summed E-state index contributed by atoms with van der Waals surface area (Å²) in [7, 11) is 0. The van der Waals surface area contributed by atoms with Gasteiger partial charge in [-0.3, -0.25) is 14.0 Å². The standard InChI is InChI=1S/C26H28F2N6O4/c27-21(28)23-32-20(19-4-3-16(14-34(19)23)33-6-8-37-9-7-33)24(36)31-15-10-26(11-15)12-17(13-26)38-25-18(22(29)35)2-1-5-30-25/h1-5,14-15,17,21H,6-13H2,(H2,29,35)(H,31,36). The summed E-state index contributed by atoms with van der Waals surface area (Å²) in [6.07, 6.45) is 3.35.